The Morgan fingerprint density at radius 2 is 1.86 bits per heavy atom. The maximum Gasteiger partial charge on any atom is 0.357 e. The first-order valence-corrected chi connectivity index (χ1v) is 6.89. The molecule has 0 fully saturated rings. The highest BCUT2D eigenvalue weighted by Gasteiger charge is 2.11. The van der Waals surface area contributed by atoms with E-state index in [2.05, 4.69) is 21.4 Å². The molecule has 0 heterocycles. The Balaban J connectivity index is 1.95. The summed E-state index contributed by atoms with van der Waals surface area (Å²) < 4.78 is 5.71. The number of rotatable bonds is 5. The van der Waals surface area contributed by atoms with Crippen LogP contribution in [-0.4, -0.2) is 13.1 Å². The highest BCUT2D eigenvalue weighted by Crippen LogP contribution is 2.17. The van der Waals surface area contributed by atoms with E-state index in [4.69, 9.17) is 15.3 Å². The number of carbonyl (C=O) groups excluding carboxylic acids is 1. The van der Waals surface area contributed by atoms with Gasteiger partial charge >= 0.3 is 5.97 Å². The largest absolute Gasteiger partial charge is 0.499 e. The van der Waals surface area contributed by atoms with Crippen molar-refractivity contribution in [2.45, 2.75) is 0 Å². The van der Waals surface area contributed by atoms with Gasteiger partial charge < -0.3 is 15.3 Å². The summed E-state index contributed by atoms with van der Waals surface area (Å²) in [5.74, 6) is 0.190. The molecule has 0 spiro atoms. The van der Waals surface area contributed by atoms with Crippen molar-refractivity contribution in [2.24, 2.45) is 5.73 Å². The van der Waals surface area contributed by atoms with Gasteiger partial charge in [-0.3, -0.25) is 0 Å². The summed E-state index contributed by atoms with van der Waals surface area (Å²) in [7, 11) is 1.58. The number of halogens is 1. The van der Waals surface area contributed by atoms with E-state index >= 15 is 0 Å². The van der Waals surface area contributed by atoms with Gasteiger partial charge in [-0.1, -0.05) is 24.3 Å². The molecular formula is C15H14BrN2O3-. The van der Waals surface area contributed by atoms with Crippen LogP contribution in [0.1, 0.15) is 15.9 Å². The van der Waals surface area contributed by atoms with E-state index < -0.39 is 5.97 Å². The van der Waals surface area contributed by atoms with E-state index in [9.17, 15) is 4.79 Å². The van der Waals surface area contributed by atoms with Gasteiger partial charge in [-0.2, -0.15) is 23.2 Å². The Bertz CT molecular complexity index is 617. The van der Waals surface area contributed by atoms with Gasteiger partial charge in [0.2, 0.25) is 0 Å². The average molecular weight is 350 g/mol. The van der Waals surface area contributed by atoms with Gasteiger partial charge in [0.25, 0.3) is 0 Å². The summed E-state index contributed by atoms with van der Waals surface area (Å²) >= 11 is 3.28. The molecule has 0 atom stereocenters. The van der Waals surface area contributed by atoms with Crippen LogP contribution in [0.5, 0.6) is 5.75 Å². The quantitative estimate of drug-likeness (QED) is 0.641. The lowest BCUT2D eigenvalue weighted by Crippen LogP contribution is -2.32. The van der Waals surface area contributed by atoms with Gasteiger partial charge in [0.1, 0.15) is 0 Å². The molecule has 0 radical (unpaired) electrons. The average Bonchev–Trinajstić information content (AvgIpc) is 2.52. The molecule has 2 rings (SSSR count). The molecule has 2 aromatic carbocycles. The second-order valence-electron chi connectivity index (χ2n) is 4.11. The third kappa shape index (κ3) is 3.98. The Labute approximate surface area is 131 Å². The fourth-order valence-electron chi connectivity index (χ4n) is 1.61. The van der Waals surface area contributed by atoms with Crippen molar-refractivity contribution in [1.82, 2.24) is 5.48 Å². The van der Waals surface area contributed by atoms with Crippen molar-refractivity contribution in [3.8, 4) is 5.75 Å². The lowest BCUT2D eigenvalue weighted by Gasteiger charge is -2.21. The zero-order chi connectivity index (χ0) is 15.2. The van der Waals surface area contributed by atoms with E-state index in [0.29, 0.717) is 15.6 Å². The predicted molar refractivity (Wildman–Crippen MR) is 82.2 cm³/mol. The Morgan fingerprint density at radius 1 is 1.19 bits per heavy atom. The van der Waals surface area contributed by atoms with Gasteiger partial charge in [-0.25, -0.2) is 4.79 Å². The van der Waals surface area contributed by atoms with Crippen molar-refractivity contribution < 1.29 is 14.4 Å². The summed E-state index contributed by atoms with van der Waals surface area (Å²) in [5.41, 5.74) is 9.37. The molecule has 0 saturated carbocycles. The molecule has 0 aromatic heterocycles. The van der Waals surface area contributed by atoms with Crippen molar-refractivity contribution in [1.29, 1.82) is 0 Å². The van der Waals surface area contributed by atoms with Crippen LogP contribution < -0.4 is 16.0 Å². The van der Waals surface area contributed by atoms with Crippen LogP contribution in [0, 0.1) is 6.17 Å². The minimum Gasteiger partial charge on any atom is -0.499 e. The molecular weight excluding hydrogens is 336 g/mol. The predicted octanol–water partition coefficient (Wildman–Crippen LogP) is 2.62. The van der Waals surface area contributed by atoms with Gasteiger partial charge in [0.05, 0.1) is 18.4 Å². The van der Waals surface area contributed by atoms with Crippen LogP contribution in [0.4, 0.5) is 0 Å². The molecule has 0 amide bonds. The highest BCUT2D eigenvalue weighted by atomic mass is 79.9. The van der Waals surface area contributed by atoms with E-state index in [1.54, 1.807) is 49.6 Å². The van der Waals surface area contributed by atoms with Crippen LogP contribution in [-0.2, 0) is 4.84 Å². The van der Waals surface area contributed by atoms with Crippen LogP contribution in [0.15, 0.2) is 53.0 Å². The number of benzene rings is 2. The molecule has 21 heavy (non-hydrogen) atoms. The zero-order valence-corrected chi connectivity index (χ0v) is 12.9. The first kappa shape index (κ1) is 15.4. The third-order valence-electron chi connectivity index (χ3n) is 2.75. The normalized spacial score (nSPS) is 10.0. The van der Waals surface area contributed by atoms with Crippen LogP contribution in [0.3, 0.4) is 0 Å². The van der Waals surface area contributed by atoms with Crippen molar-refractivity contribution in [3.05, 3.63) is 70.3 Å². The number of hydroxylamine groups is 1. The van der Waals surface area contributed by atoms with Gasteiger partial charge in [0.15, 0.2) is 0 Å². The topological polar surface area (TPSA) is 73.6 Å². The second-order valence-corrected chi connectivity index (χ2v) is 4.97. The Morgan fingerprint density at radius 3 is 2.48 bits per heavy atom. The van der Waals surface area contributed by atoms with Gasteiger partial charge in [-0.05, 0) is 34.2 Å². The molecule has 2 aromatic rings. The number of hydrogen-bond donors (Lipinski definition) is 2. The second kappa shape index (κ2) is 7.12. The maximum atomic E-state index is 11.9. The molecule has 5 nitrogen and oxygen atoms in total. The molecule has 0 bridgehead atoms. The van der Waals surface area contributed by atoms with Gasteiger partial charge in [0, 0.05) is 4.47 Å². The first-order chi connectivity index (χ1) is 10.1. The molecule has 3 N–H and O–H groups in total. The minimum absolute atomic E-state index is 0.234. The van der Waals surface area contributed by atoms with Crippen LogP contribution in [0.25, 0.3) is 0 Å². The fraction of sp³-hybridized carbons (Fsp3) is 0.0667. The van der Waals surface area contributed by atoms with E-state index in [1.165, 1.54) is 0 Å². The van der Waals surface area contributed by atoms with Crippen LogP contribution in [0.2, 0.25) is 0 Å². The molecule has 110 valence electrons. The summed E-state index contributed by atoms with van der Waals surface area (Å²) in [5, 5.41) is 0. The standard InChI is InChI=1S/C15H14BrN2O3/c1-20-11-8-6-10(7-9-11)14(17)18-21-15(19)12-4-2-3-5-13(12)16/h2-9,18H,17H2,1H3/q-1. The Hall–Kier alpha value is -2.02. The van der Waals surface area contributed by atoms with E-state index in [1.807, 2.05) is 6.07 Å². The van der Waals surface area contributed by atoms with Crippen LogP contribution >= 0.6 is 15.9 Å². The Kier molecular flexibility index (Phi) is 5.21. The molecule has 0 aliphatic carbocycles. The summed E-state index contributed by atoms with van der Waals surface area (Å²) in [6.07, 6.45) is 0.234. The summed E-state index contributed by atoms with van der Waals surface area (Å²) in [6, 6.07) is 14.0. The van der Waals surface area contributed by atoms with Crippen molar-refractivity contribution in [2.75, 3.05) is 7.11 Å². The number of hydrogen-bond acceptors (Lipinski definition) is 5. The van der Waals surface area contributed by atoms with Crippen molar-refractivity contribution >= 4 is 21.9 Å². The number of carbonyl (C=O) groups is 1. The first-order valence-electron chi connectivity index (χ1n) is 6.10. The number of nitrogens with two attached hydrogens (primary N) is 1. The number of ether oxygens (including phenoxy) is 1. The maximum absolute atomic E-state index is 11.9. The molecule has 0 aliphatic rings. The molecule has 0 unspecified atom stereocenters. The van der Waals surface area contributed by atoms with E-state index in [-0.39, 0.29) is 6.17 Å². The molecule has 0 aliphatic heterocycles. The molecule has 6 heteroatoms. The fourth-order valence-corrected chi connectivity index (χ4v) is 2.06. The molecule has 0 saturated heterocycles. The summed E-state index contributed by atoms with van der Waals surface area (Å²) in [4.78, 5) is 16.9. The summed E-state index contributed by atoms with van der Waals surface area (Å²) in [6.45, 7) is 0. The lowest BCUT2D eigenvalue weighted by atomic mass is 10.2. The third-order valence-corrected chi connectivity index (χ3v) is 3.44. The number of nitrogens with one attached hydrogen (secondary N) is 1. The zero-order valence-electron chi connectivity index (χ0n) is 11.3. The van der Waals surface area contributed by atoms with E-state index in [0.717, 1.165) is 5.75 Å². The van der Waals surface area contributed by atoms with Crippen molar-refractivity contribution in [3.63, 3.8) is 0 Å². The highest BCUT2D eigenvalue weighted by molar-refractivity contribution is 9.10. The smallest absolute Gasteiger partial charge is 0.357 e. The monoisotopic (exact) mass is 349 g/mol. The minimum atomic E-state index is -0.529. The SMILES string of the molecule is COc1ccc([C-](N)NOC(=O)c2ccccc2Br)cc1. The number of methoxy groups -OCH3 is 1. The van der Waals surface area contributed by atoms with Gasteiger partial charge in [-0.15, -0.1) is 0 Å². The lowest BCUT2D eigenvalue weighted by molar-refractivity contribution is 0.0279.